The quantitative estimate of drug-likeness (QED) is 0.299. The number of ketones is 1. The van der Waals surface area contributed by atoms with Gasteiger partial charge in [-0.25, -0.2) is 4.79 Å². The van der Waals surface area contributed by atoms with Crippen LogP contribution in [0.1, 0.15) is 40.3 Å². The number of ether oxygens (including phenoxy) is 4. The van der Waals surface area contributed by atoms with Crippen molar-refractivity contribution in [2.24, 2.45) is 0 Å². The first-order chi connectivity index (χ1) is 15.3. The Hall–Kier alpha value is -3.57. The molecule has 1 aromatic carbocycles. The Morgan fingerprint density at radius 3 is 2.59 bits per heavy atom. The highest BCUT2D eigenvalue weighted by Gasteiger charge is 2.19. The van der Waals surface area contributed by atoms with Crippen molar-refractivity contribution < 1.29 is 28.5 Å². The van der Waals surface area contributed by atoms with E-state index in [0.717, 1.165) is 11.4 Å². The van der Waals surface area contributed by atoms with Crippen LogP contribution < -0.4 is 9.47 Å². The minimum atomic E-state index is -0.635. The van der Waals surface area contributed by atoms with E-state index in [1.165, 1.54) is 13.2 Å². The highest BCUT2D eigenvalue weighted by molar-refractivity contribution is 6.00. The van der Waals surface area contributed by atoms with Crippen LogP contribution in [-0.2, 0) is 14.3 Å². The summed E-state index contributed by atoms with van der Waals surface area (Å²) in [5.74, 6) is -0.0409. The maximum Gasteiger partial charge on any atom is 0.331 e. The highest BCUT2D eigenvalue weighted by Crippen LogP contribution is 2.28. The van der Waals surface area contributed by atoms with Gasteiger partial charge in [-0.1, -0.05) is 6.07 Å². The number of aromatic nitrogens is 1. The van der Waals surface area contributed by atoms with Gasteiger partial charge in [-0.05, 0) is 50.6 Å². The Balaban J connectivity index is 2.00. The van der Waals surface area contributed by atoms with Crippen molar-refractivity contribution in [3.05, 3.63) is 52.9 Å². The standard InChI is InChI=1S/C24H28N2O6/c1-16-12-20(18(3)26(16)17(2)14-29-4)21(27)15-32-24(28)9-7-19-6-8-22(31-11-10-25)23(13-19)30-5/h6-9,12-13,17H,11,14-15H2,1-5H3. The number of rotatable bonds is 11. The number of methoxy groups -OCH3 is 2. The predicted octanol–water partition coefficient (Wildman–Crippen LogP) is 3.66. The lowest BCUT2D eigenvalue weighted by Gasteiger charge is -2.17. The molecule has 2 rings (SSSR count). The van der Waals surface area contributed by atoms with Crippen molar-refractivity contribution in [1.29, 1.82) is 5.26 Å². The summed E-state index contributed by atoms with van der Waals surface area (Å²) in [6.07, 6.45) is 2.78. The second-order valence-corrected chi connectivity index (χ2v) is 7.18. The third-order valence-corrected chi connectivity index (χ3v) is 4.87. The SMILES string of the molecule is COCC(C)n1c(C)cc(C(=O)COC(=O)C=Cc2ccc(OCC#N)c(OC)c2)c1C. The summed E-state index contributed by atoms with van der Waals surface area (Å²) < 4.78 is 22.9. The Kier molecular flexibility index (Phi) is 9.05. The number of nitrogens with zero attached hydrogens (tertiary/aromatic N) is 2. The molecule has 0 saturated heterocycles. The topological polar surface area (TPSA) is 99.8 Å². The van der Waals surface area contributed by atoms with Gasteiger partial charge in [0.2, 0.25) is 5.78 Å². The molecule has 0 N–H and O–H groups in total. The third kappa shape index (κ3) is 6.22. The third-order valence-electron chi connectivity index (χ3n) is 4.87. The number of hydrogen-bond acceptors (Lipinski definition) is 7. The van der Waals surface area contributed by atoms with E-state index in [1.807, 2.05) is 31.4 Å². The van der Waals surface area contributed by atoms with Crippen LogP contribution in [0.3, 0.4) is 0 Å². The molecule has 1 aromatic heterocycles. The zero-order valence-electron chi connectivity index (χ0n) is 19.0. The van der Waals surface area contributed by atoms with Crippen LogP contribution in [0, 0.1) is 25.2 Å². The molecule has 1 atom stereocenters. The molecule has 8 nitrogen and oxygen atoms in total. The van der Waals surface area contributed by atoms with Crippen molar-refractivity contribution in [2.75, 3.05) is 34.0 Å². The first kappa shape index (κ1) is 24.7. The van der Waals surface area contributed by atoms with Crippen LogP contribution in [-0.4, -0.2) is 50.4 Å². The molecule has 0 aliphatic heterocycles. The zero-order chi connectivity index (χ0) is 23.7. The molecule has 0 radical (unpaired) electrons. The number of nitriles is 1. The average Bonchev–Trinajstić information content (AvgIpc) is 3.08. The smallest absolute Gasteiger partial charge is 0.331 e. The van der Waals surface area contributed by atoms with Crippen molar-refractivity contribution >= 4 is 17.8 Å². The summed E-state index contributed by atoms with van der Waals surface area (Å²) in [4.78, 5) is 24.7. The van der Waals surface area contributed by atoms with E-state index in [9.17, 15) is 9.59 Å². The minimum Gasteiger partial charge on any atom is -0.493 e. The van der Waals surface area contributed by atoms with Gasteiger partial charge in [0.1, 0.15) is 6.07 Å². The lowest BCUT2D eigenvalue weighted by molar-refractivity contribution is -0.136. The first-order valence-corrected chi connectivity index (χ1v) is 10.1. The fraction of sp³-hybridized carbons (Fsp3) is 0.375. The zero-order valence-corrected chi connectivity index (χ0v) is 19.0. The maximum absolute atomic E-state index is 12.6. The van der Waals surface area contributed by atoms with Crippen molar-refractivity contribution in [1.82, 2.24) is 4.57 Å². The van der Waals surface area contributed by atoms with E-state index in [-0.39, 0.29) is 25.0 Å². The van der Waals surface area contributed by atoms with Gasteiger partial charge in [0.05, 0.1) is 19.8 Å². The molecule has 0 fully saturated rings. The van der Waals surface area contributed by atoms with E-state index in [1.54, 1.807) is 37.5 Å². The second-order valence-electron chi connectivity index (χ2n) is 7.18. The summed E-state index contributed by atoms with van der Waals surface area (Å²) >= 11 is 0. The molecule has 0 aliphatic carbocycles. The lowest BCUT2D eigenvalue weighted by atomic mass is 10.1. The van der Waals surface area contributed by atoms with Crippen LogP contribution in [0.5, 0.6) is 11.5 Å². The fourth-order valence-electron chi connectivity index (χ4n) is 3.50. The molecule has 8 heteroatoms. The summed E-state index contributed by atoms with van der Waals surface area (Å²) in [5.41, 5.74) is 2.96. The number of hydrogen-bond donors (Lipinski definition) is 0. The van der Waals surface area contributed by atoms with Crippen LogP contribution in [0.4, 0.5) is 0 Å². The van der Waals surface area contributed by atoms with Crippen LogP contribution in [0.2, 0.25) is 0 Å². The molecule has 0 aliphatic rings. The molecule has 1 heterocycles. The lowest BCUT2D eigenvalue weighted by Crippen LogP contribution is -2.16. The molecule has 0 amide bonds. The number of benzene rings is 1. The first-order valence-electron chi connectivity index (χ1n) is 10.1. The van der Waals surface area contributed by atoms with Gasteiger partial charge in [-0.3, -0.25) is 4.79 Å². The number of carbonyl (C=O) groups is 2. The van der Waals surface area contributed by atoms with Crippen molar-refractivity contribution in [3.63, 3.8) is 0 Å². The molecule has 0 bridgehead atoms. The highest BCUT2D eigenvalue weighted by atomic mass is 16.5. The number of carbonyl (C=O) groups excluding carboxylic acids is 2. The Morgan fingerprint density at radius 1 is 1.19 bits per heavy atom. The van der Waals surface area contributed by atoms with Gasteiger partial charge in [0.25, 0.3) is 0 Å². The number of Topliss-reactive ketones (excluding diaryl/α,β-unsaturated/α-hetero) is 1. The molecule has 0 saturated carbocycles. The molecule has 32 heavy (non-hydrogen) atoms. The summed E-state index contributed by atoms with van der Waals surface area (Å²) in [5, 5.41) is 8.62. The van der Waals surface area contributed by atoms with Crippen LogP contribution in [0.15, 0.2) is 30.3 Å². The van der Waals surface area contributed by atoms with Gasteiger partial charge in [0.15, 0.2) is 24.7 Å². The van der Waals surface area contributed by atoms with E-state index in [2.05, 4.69) is 0 Å². The van der Waals surface area contributed by atoms with Gasteiger partial charge < -0.3 is 23.5 Å². The summed E-state index contributed by atoms with van der Waals surface area (Å²) in [6, 6.07) is 8.79. The van der Waals surface area contributed by atoms with Gasteiger partial charge in [-0.2, -0.15) is 5.26 Å². The summed E-state index contributed by atoms with van der Waals surface area (Å²) in [6.45, 7) is 5.89. The van der Waals surface area contributed by atoms with E-state index in [4.69, 9.17) is 24.2 Å². The number of esters is 1. The largest absolute Gasteiger partial charge is 0.493 e. The molecule has 0 spiro atoms. The Morgan fingerprint density at radius 2 is 1.94 bits per heavy atom. The van der Waals surface area contributed by atoms with Gasteiger partial charge in [-0.15, -0.1) is 0 Å². The maximum atomic E-state index is 12.6. The van der Waals surface area contributed by atoms with E-state index >= 15 is 0 Å². The molecular formula is C24H28N2O6. The van der Waals surface area contributed by atoms with Crippen molar-refractivity contribution in [3.8, 4) is 17.6 Å². The Bertz CT molecular complexity index is 1030. The van der Waals surface area contributed by atoms with Crippen LogP contribution >= 0.6 is 0 Å². The van der Waals surface area contributed by atoms with Crippen LogP contribution in [0.25, 0.3) is 6.08 Å². The second kappa shape index (κ2) is 11.7. The van der Waals surface area contributed by atoms with Gasteiger partial charge >= 0.3 is 5.97 Å². The van der Waals surface area contributed by atoms with Crippen molar-refractivity contribution in [2.45, 2.75) is 26.8 Å². The molecule has 2 aromatic rings. The monoisotopic (exact) mass is 440 g/mol. The normalized spacial score (nSPS) is 11.8. The average molecular weight is 440 g/mol. The van der Waals surface area contributed by atoms with Gasteiger partial charge in [0, 0.05) is 30.1 Å². The minimum absolute atomic E-state index is 0.0840. The Labute approximate surface area is 187 Å². The molecule has 1 unspecified atom stereocenters. The predicted molar refractivity (Wildman–Crippen MR) is 119 cm³/mol. The van der Waals surface area contributed by atoms with E-state index < -0.39 is 5.97 Å². The summed E-state index contributed by atoms with van der Waals surface area (Å²) in [7, 11) is 3.12. The number of aryl methyl sites for hydroxylation is 1. The fourth-order valence-corrected chi connectivity index (χ4v) is 3.50. The van der Waals surface area contributed by atoms with E-state index in [0.29, 0.717) is 29.2 Å². The molecule has 170 valence electrons. The molecular weight excluding hydrogens is 412 g/mol.